The van der Waals surface area contributed by atoms with Gasteiger partial charge in [-0.15, -0.1) is 0 Å². The Hall–Kier alpha value is -3.61. The molecule has 0 saturated carbocycles. The molecule has 0 aliphatic rings. The molecule has 2 N–H and O–H groups in total. The smallest absolute Gasteiger partial charge is 0.341 e. The molecule has 0 unspecified atom stereocenters. The summed E-state index contributed by atoms with van der Waals surface area (Å²) in [4.78, 5) is 16.6. The number of aromatic nitrogens is 2. The van der Waals surface area contributed by atoms with Crippen LogP contribution >= 0.6 is 0 Å². The number of rotatable bonds is 7. The normalized spacial score (nSPS) is 12.2. The zero-order chi connectivity index (χ0) is 20.8. The van der Waals surface area contributed by atoms with Crippen molar-refractivity contribution in [3.05, 3.63) is 83.6 Å². The van der Waals surface area contributed by atoms with Gasteiger partial charge in [-0.05, 0) is 42.3 Å². The number of fused-ring (bicyclic) bond motifs is 1. The zero-order valence-corrected chi connectivity index (χ0v) is 16.3. The fourth-order valence-electron chi connectivity index (χ4n) is 3.03. The molecule has 29 heavy (non-hydrogen) atoms. The lowest BCUT2D eigenvalue weighted by molar-refractivity contribution is -0.135. The Kier molecular flexibility index (Phi) is 6.29. The highest BCUT2D eigenvalue weighted by atomic mass is 19.1. The monoisotopic (exact) mass is 395 g/mol. The molecule has 150 valence electrons. The molecule has 0 radical (unpaired) electrons. The third-order valence-corrected chi connectivity index (χ3v) is 4.43. The number of methoxy groups -OCH3 is 2. The summed E-state index contributed by atoms with van der Waals surface area (Å²) in [6.45, 7) is 0.581. The molecule has 2 aromatic carbocycles. The number of imidazole rings is 1. The highest BCUT2D eigenvalue weighted by Gasteiger charge is 2.15. The average Bonchev–Trinajstić information content (AvgIpc) is 3.11. The Morgan fingerprint density at radius 1 is 1.17 bits per heavy atom. The van der Waals surface area contributed by atoms with E-state index in [1.165, 1.54) is 38.7 Å². The first-order valence-corrected chi connectivity index (χ1v) is 9.02. The number of hydrogen-bond donors (Lipinski definition) is 1. The van der Waals surface area contributed by atoms with Gasteiger partial charge in [-0.2, -0.15) is 0 Å². The van der Waals surface area contributed by atoms with Gasteiger partial charge in [-0.1, -0.05) is 24.3 Å². The van der Waals surface area contributed by atoms with Gasteiger partial charge >= 0.3 is 5.97 Å². The lowest BCUT2D eigenvalue weighted by atomic mass is 10.1. The van der Waals surface area contributed by atoms with Crippen molar-refractivity contribution in [2.45, 2.75) is 13.0 Å². The fraction of sp³-hybridized carbons (Fsp3) is 0.182. The Morgan fingerprint density at radius 2 is 1.90 bits per heavy atom. The van der Waals surface area contributed by atoms with Crippen molar-refractivity contribution in [3.8, 4) is 0 Å². The molecule has 3 aromatic rings. The van der Waals surface area contributed by atoms with Crippen LogP contribution in [-0.4, -0.2) is 29.7 Å². The van der Waals surface area contributed by atoms with Crippen LogP contribution in [0.15, 0.2) is 66.4 Å². The second kappa shape index (κ2) is 9.05. The van der Waals surface area contributed by atoms with Crippen LogP contribution in [0.5, 0.6) is 0 Å². The van der Waals surface area contributed by atoms with Crippen molar-refractivity contribution < 1.29 is 18.7 Å². The van der Waals surface area contributed by atoms with E-state index >= 15 is 0 Å². The molecule has 0 amide bonds. The van der Waals surface area contributed by atoms with E-state index in [0.717, 1.165) is 16.6 Å². The molecule has 0 atom stereocenters. The minimum absolute atomic E-state index is 0.171. The minimum atomic E-state index is -0.566. The van der Waals surface area contributed by atoms with E-state index < -0.39 is 5.97 Å². The van der Waals surface area contributed by atoms with Gasteiger partial charge in [-0.25, -0.2) is 14.2 Å². The fourth-order valence-corrected chi connectivity index (χ4v) is 3.03. The SMILES string of the molecule is CO/C=C(/C=C(\N)c1nc2ccccc2n1CCc1ccc(F)cc1)C(=O)OC. The van der Waals surface area contributed by atoms with E-state index in [-0.39, 0.29) is 11.4 Å². The number of halogens is 1. The molecule has 7 heteroatoms. The summed E-state index contributed by atoms with van der Waals surface area (Å²) in [5.74, 6) is -0.307. The molecule has 3 rings (SSSR count). The molecule has 0 bridgehead atoms. The highest BCUT2D eigenvalue weighted by Crippen LogP contribution is 2.21. The van der Waals surface area contributed by atoms with E-state index in [4.69, 9.17) is 15.2 Å². The van der Waals surface area contributed by atoms with Crippen LogP contribution in [0.4, 0.5) is 4.39 Å². The number of hydrogen-bond acceptors (Lipinski definition) is 5. The van der Waals surface area contributed by atoms with Crippen molar-refractivity contribution >= 4 is 22.7 Å². The molecule has 1 heterocycles. The molecule has 1 aromatic heterocycles. The molecular formula is C22H22FN3O3. The first-order valence-electron chi connectivity index (χ1n) is 9.02. The maximum absolute atomic E-state index is 13.2. The maximum Gasteiger partial charge on any atom is 0.341 e. The Morgan fingerprint density at radius 3 is 2.59 bits per heavy atom. The minimum Gasteiger partial charge on any atom is -0.503 e. The topological polar surface area (TPSA) is 79.4 Å². The van der Waals surface area contributed by atoms with E-state index in [2.05, 4.69) is 4.98 Å². The maximum atomic E-state index is 13.2. The molecule has 6 nitrogen and oxygen atoms in total. The second-order valence-corrected chi connectivity index (χ2v) is 6.35. The van der Waals surface area contributed by atoms with Crippen LogP contribution in [0.25, 0.3) is 16.7 Å². The van der Waals surface area contributed by atoms with Crippen LogP contribution in [0.2, 0.25) is 0 Å². The number of nitrogens with two attached hydrogens (primary N) is 1. The Bertz CT molecular complexity index is 1070. The molecule has 0 aliphatic carbocycles. The molecule has 0 saturated heterocycles. The Labute approximate surface area is 168 Å². The van der Waals surface area contributed by atoms with Crippen molar-refractivity contribution in [1.82, 2.24) is 9.55 Å². The number of nitrogens with zero attached hydrogens (tertiary/aromatic N) is 2. The number of carbonyl (C=O) groups excluding carboxylic acids is 1. The standard InChI is InChI=1S/C22H22FN3O3/c1-28-14-16(22(27)29-2)13-18(24)21-25-19-5-3-4-6-20(19)26(21)12-11-15-7-9-17(23)10-8-15/h3-10,13-14H,11-12,24H2,1-2H3/b16-14-,18-13-. The quantitative estimate of drug-likeness (QED) is 0.287. The molecule has 0 spiro atoms. The van der Waals surface area contributed by atoms with Gasteiger partial charge < -0.3 is 19.8 Å². The van der Waals surface area contributed by atoms with Crippen LogP contribution in [0.3, 0.4) is 0 Å². The molecule has 0 fully saturated rings. The Balaban J connectivity index is 1.99. The summed E-state index contributed by atoms with van der Waals surface area (Å²) in [5.41, 5.74) is 9.46. The van der Waals surface area contributed by atoms with Crippen molar-refractivity contribution in [1.29, 1.82) is 0 Å². The zero-order valence-electron chi connectivity index (χ0n) is 16.3. The second-order valence-electron chi connectivity index (χ2n) is 6.35. The lowest BCUT2D eigenvalue weighted by Gasteiger charge is -2.10. The van der Waals surface area contributed by atoms with Gasteiger partial charge in [0.1, 0.15) is 5.82 Å². The van der Waals surface area contributed by atoms with Gasteiger partial charge in [0, 0.05) is 6.54 Å². The van der Waals surface area contributed by atoms with Crippen LogP contribution < -0.4 is 5.73 Å². The van der Waals surface area contributed by atoms with E-state index in [9.17, 15) is 9.18 Å². The van der Waals surface area contributed by atoms with Gasteiger partial charge in [0.25, 0.3) is 0 Å². The number of esters is 1. The van der Waals surface area contributed by atoms with Crippen LogP contribution in [0.1, 0.15) is 11.4 Å². The predicted octanol–water partition coefficient (Wildman–Crippen LogP) is 3.42. The van der Waals surface area contributed by atoms with E-state index in [1.807, 2.05) is 28.8 Å². The molecule has 0 aliphatic heterocycles. The average molecular weight is 395 g/mol. The number of ether oxygens (including phenoxy) is 2. The predicted molar refractivity (Wildman–Crippen MR) is 109 cm³/mol. The van der Waals surface area contributed by atoms with Gasteiger partial charge in [0.05, 0.1) is 42.8 Å². The third-order valence-electron chi connectivity index (χ3n) is 4.43. The van der Waals surface area contributed by atoms with Crippen molar-refractivity contribution in [2.24, 2.45) is 5.73 Å². The number of carbonyl (C=O) groups is 1. The van der Waals surface area contributed by atoms with Crippen LogP contribution in [-0.2, 0) is 27.2 Å². The summed E-state index contributed by atoms with van der Waals surface area (Å²) in [7, 11) is 2.72. The summed E-state index contributed by atoms with van der Waals surface area (Å²) in [6.07, 6.45) is 3.41. The van der Waals surface area contributed by atoms with Crippen molar-refractivity contribution in [2.75, 3.05) is 14.2 Å². The molecular weight excluding hydrogens is 373 g/mol. The number of aryl methyl sites for hydroxylation is 2. The first-order chi connectivity index (χ1) is 14.0. The first kappa shape index (κ1) is 20.1. The summed E-state index contributed by atoms with van der Waals surface area (Å²) >= 11 is 0. The summed E-state index contributed by atoms with van der Waals surface area (Å²) < 4.78 is 24.9. The summed E-state index contributed by atoms with van der Waals surface area (Å²) in [6, 6.07) is 14.1. The van der Waals surface area contributed by atoms with Gasteiger partial charge in [-0.3, -0.25) is 0 Å². The number of para-hydroxylation sites is 2. The lowest BCUT2D eigenvalue weighted by Crippen LogP contribution is -2.12. The summed E-state index contributed by atoms with van der Waals surface area (Å²) in [5, 5.41) is 0. The van der Waals surface area contributed by atoms with Crippen LogP contribution in [0, 0.1) is 5.82 Å². The van der Waals surface area contributed by atoms with Crippen molar-refractivity contribution in [3.63, 3.8) is 0 Å². The largest absolute Gasteiger partial charge is 0.503 e. The third kappa shape index (κ3) is 4.63. The van der Waals surface area contributed by atoms with E-state index in [0.29, 0.717) is 24.5 Å². The highest BCUT2D eigenvalue weighted by molar-refractivity contribution is 5.93. The van der Waals surface area contributed by atoms with Gasteiger partial charge in [0.15, 0.2) is 5.82 Å². The van der Waals surface area contributed by atoms with Gasteiger partial charge in [0.2, 0.25) is 0 Å². The van der Waals surface area contributed by atoms with E-state index in [1.54, 1.807) is 12.1 Å². The number of benzene rings is 2.